The lowest BCUT2D eigenvalue weighted by Gasteiger charge is -2.08. The first-order chi connectivity index (χ1) is 9.60. The molecule has 2 heterocycles. The molecule has 1 aliphatic rings. The van der Waals surface area contributed by atoms with Gasteiger partial charge in [-0.25, -0.2) is 9.78 Å². The molecule has 0 fully saturated rings. The number of aromatic nitrogens is 1. The molecule has 1 aliphatic heterocycles. The first kappa shape index (κ1) is 13.6. The van der Waals surface area contributed by atoms with Crippen LogP contribution in [0.4, 0.5) is 0 Å². The largest absolute Gasteiger partial charge is 0.493 e. The van der Waals surface area contributed by atoms with Gasteiger partial charge in [-0.05, 0) is 24.0 Å². The molecule has 0 saturated heterocycles. The van der Waals surface area contributed by atoms with E-state index in [0.29, 0.717) is 23.1 Å². The van der Waals surface area contributed by atoms with Crippen LogP contribution >= 0.6 is 27.3 Å². The second kappa shape index (κ2) is 5.22. The standard InChI is InChI=1S/C13H9BBrNO3S/c1-18-13(17)12-16-10-7-4-6(15)2-3-9(7)19-5-8(14)11(10)20-12/h2-4,8H,5H2,1H3. The number of carbonyl (C=O) groups excluding carboxylic acids is 1. The van der Waals surface area contributed by atoms with E-state index in [-0.39, 0.29) is 5.82 Å². The van der Waals surface area contributed by atoms with Gasteiger partial charge in [0.1, 0.15) is 5.75 Å². The lowest BCUT2D eigenvalue weighted by molar-refractivity contribution is 0.0600. The van der Waals surface area contributed by atoms with Crippen molar-refractivity contribution in [2.75, 3.05) is 13.7 Å². The molecule has 7 heteroatoms. The summed E-state index contributed by atoms with van der Waals surface area (Å²) in [5.74, 6) is -0.0519. The number of carbonyl (C=O) groups is 1. The van der Waals surface area contributed by atoms with E-state index < -0.39 is 5.97 Å². The molecule has 1 aromatic heterocycles. The van der Waals surface area contributed by atoms with Crippen molar-refractivity contribution in [2.45, 2.75) is 5.82 Å². The highest BCUT2D eigenvalue weighted by molar-refractivity contribution is 9.10. The fourth-order valence-electron chi connectivity index (χ4n) is 2.02. The van der Waals surface area contributed by atoms with Crippen LogP contribution in [-0.2, 0) is 4.74 Å². The molecule has 100 valence electrons. The van der Waals surface area contributed by atoms with Gasteiger partial charge in [0, 0.05) is 14.9 Å². The average Bonchev–Trinajstić information content (AvgIpc) is 2.85. The Morgan fingerprint density at radius 3 is 3.15 bits per heavy atom. The summed E-state index contributed by atoms with van der Waals surface area (Å²) >= 11 is 4.68. The van der Waals surface area contributed by atoms with Crippen LogP contribution in [0.2, 0.25) is 0 Å². The maximum absolute atomic E-state index is 11.6. The zero-order valence-corrected chi connectivity index (χ0v) is 13.0. The summed E-state index contributed by atoms with van der Waals surface area (Å²) in [6.07, 6.45) is 0. The van der Waals surface area contributed by atoms with Crippen molar-refractivity contribution in [3.8, 4) is 17.0 Å². The SMILES string of the molecule is [B]C1COc2ccc(Br)cc2-c2nc(C(=O)OC)sc21. The Balaban J connectivity index is 2.21. The second-order valence-electron chi connectivity index (χ2n) is 4.28. The number of thiazole rings is 1. The maximum Gasteiger partial charge on any atom is 0.367 e. The minimum absolute atomic E-state index is 0.306. The highest BCUT2D eigenvalue weighted by Gasteiger charge is 2.27. The Kier molecular flexibility index (Phi) is 3.56. The number of nitrogens with zero attached hydrogens (tertiary/aromatic N) is 1. The van der Waals surface area contributed by atoms with Crippen LogP contribution in [0.15, 0.2) is 22.7 Å². The van der Waals surface area contributed by atoms with Gasteiger partial charge in [-0.15, -0.1) is 11.3 Å². The van der Waals surface area contributed by atoms with Gasteiger partial charge in [0.05, 0.1) is 27.3 Å². The zero-order valence-electron chi connectivity index (χ0n) is 10.6. The van der Waals surface area contributed by atoms with Crippen molar-refractivity contribution < 1.29 is 14.3 Å². The topological polar surface area (TPSA) is 48.4 Å². The quantitative estimate of drug-likeness (QED) is 0.586. The lowest BCUT2D eigenvalue weighted by Crippen LogP contribution is -2.07. The summed E-state index contributed by atoms with van der Waals surface area (Å²) < 4.78 is 11.3. The van der Waals surface area contributed by atoms with Gasteiger partial charge in [-0.3, -0.25) is 0 Å². The summed E-state index contributed by atoms with van der Waals surface area (Å²) in [6.45, 7) is 0.352. The second-order valence-corrected chi connectivity index (χ2v) is 6.23. The number of fused-ring (bicyclic) bond motifs is 3. The predicted molar refractivity (Wildman–Crippen MR) is 80.6 cm³/mol. The first-order valence-electron chi connectivity index (χ1n) is 5.87. The minimum Gasteiger partial charge on any atom is -0.493 e. The molecule has 4 nitrogen and oxygen atoms in total. The number of hydrogen-bond donors (Lipinski definition) is 0. The van der Waals surface area contributed by atoms with E-state index in [4.69, 9.17) is 17.3 Å². The van der Waals surface area contributed by atoms with Gasteiger partial charge in [0.25, 0.3) is 0 Å². The number of rotatable bonds is 1. The van der Waals surface area contributed by atoms with Gasteiger partial charge in [-0.1, -0.05) is 15.9 Å². The monoisotopic (exact) mass is 349 g/mol. The average molecular weight is 350 g/mol. The van der Waals surface area contributed by atoms with Crippen molar-refractivity contribution in [3.63, 3.8) is 0 Å². The van der Waals surface area contributed by atoms with Gasteiger partial charge < -0.3 is 9.47 Å². The van der Waals surface area contributed by atoms with Crippen molar-refractivity contribution >= 4 is 41.1 Å². The molecule has 0 spiro atoms. The molecule has 0 N–H and O–H groups in total. The van der Waals surface area contributed by atoms with E-state index in [1.54, 1.807) is 0 Å². The van der Waals surface area contributed by atoms with Crippen LogP contribution in [0.3, 0.4) is 0 Å². The minimum atomic E-state index is -0.451. The van der Waals surface area contributed by atoms with Gasteiger partial charge in [0.2, 0.25) is 5.01 Å². The van der Waals surface area contributed by atoms with Gasteiger partial charge in [-0.2, -0.15) is 0 Å². The molecular formula is C13H9BBrNO3S. The molecule has 2 radical (unpaired) electrons. The fourth-order valence-corrected chi connectivity index (χ4v) is 3.36. The summed E-state index contributed by atoms with van der Waals surface area (Å²) in [5, 5.41) is 0.306. The third-order valence-corrected chi connectivity index (χ3v) is 4.63. The van der Waals surface area contributed by atoms with E-state index in [0.717, 1.165) is 14.9 Å². The smallest absolute Gasteiger partial charge is 0.367 e. The molecule has 3 rings (SSSR count). The van der Waals surface area contributed by atoms with Crippen molar-refractivity contribution in [3.05, 3.63) is 32.6 Å². The molecule has 1 unspecified atom stereocenters. The third kappa shape index (κ3) is 2.25. The molecule has 2 aromatic rings. The summed E-state index contributed by atoms with van der Waals surface area (Å²) in [6, 6.07) is 5.66. The normalized spacial score (nSPS) is 16.6. The first-order valence-corrected chi connectivity index (χ1v) is 7.48. The van der Waals surface area contributed by atoms with Crippen LogP contribution < -0.4 is 4.74 Å². The van der Waals surface area contributed by atoms with E-state index in [1.807, 2.05) is 18.2 Å². The molecule has 0 amide bonds. The van der Waals surface area contributed by atoms with Crippen LogP contribution in [0, 0.1) is 0 Å². The van der Waals surface area contributed by atoms with Gasteiger partial charge >= 0.3 is 5.97 Å². The molecule has 1 atom stereocenters. The third-order valence-electron chi connectivity index (χ3n) is 2.97. The molecule has 1 aromatic carbocycles. The molecule has 0 bridgehead atoms. The van der Waals surface area contributed by atoms with E-state index in [2.05, 4.69) is 20.9 Å². The van der Waals surface area contributed by atoms with E-state index in [9.17, 15) is 4.79 Å². The molecule has 20 heavy (non-hydrogen) atoms. The summed E-state index contributed by atoms with van der Waals surface area (Å²) in [7, 11) is 7.44. The maximum atomic E-state index is 11.6. The Morgan fingerprint density at radius 1 is 1.60 bits per heavy atom. The highest BCUT2D eigenvalue weighted by atomic mass is 79.9. The Bertz CT molecular complexity index is 688. The number of hydrogen-bond acceptors (Lipinski definition) is 5. The summed E-state index contributed by atoms with van der Waals surface area (Å²) in [4.78, 5) is 16.9. The number of esters is 1. The predicted octanol–water partition coefficient (Wildman–Crippen LogP) is 2.96. The summed E-state index contributed by atoms with van der Waals surface area (Å²) in [5.41, 5.74) is 1.52. The Hall–Kier alpha value is -1.34. The van der Waals surface area contributed by atoms with Crippen LogP contribution in [-0.4, -0.2) is 32.5 Å². The number of halogens is 1. The number of ether oxygens (including phenoxy) is 2. The van der Waals surface area contributed by atoms with Gasteiger partial charge in [0.15, 0.2) is 0 Å². The zero-order chi connectivity index (χ0) is 14.3. The van der Waals surface area contributed by atoms with Crippen LogP contribution in [0.25, 0.3) is 11.3 Å². The molecule has 0 aliphatic carbocycles. The van der Waals surface area contributed by atoms with Crippen LogP contribution in [0.5, 0.6) is 5.75 Å². The fraction of sp³-hybridized carbons (Fsp3) is 0.231. The lowest BCUT2D eigenvalue weighted by atomic mass is 9.86. The van der Waals surface area contributed by atoms with Crippen LogP contribution in [0.1, 0.15) is 20.5 Å². The van der Waals surface area contributed by atoms with E-state index in [1.165, 1.54) is 18.4 Å². The van der Waals surface area contributed by atoms with Crippen molar-refractivity contribution in [2.24, 2.45) is 0 Å². The van der Waals surface area contributed by atoms with E-state index >= 15 is 0 Å². The Morgan fingerprint density at radius 2 is 2.40 bits per heavy atom. The number of methoxy groups -OCH3 is 1. The molecule has 0 saturated carbocycles. The number of benzene rings is 1. The van der Waals surface area contributed by atoms with Crippen molar-refractivity contribution in [1.82, 2.24) is 4.98 Å². The highest BCUT2D eigenvalue weighted by Crippen LogP contribution is 2.41. The molecular weight excluding hydrogens is 341 g/mol. The van der Waals surface area contributed by atoms with Crippen molar-refractivity contribution in [1.29, 1.82) is 0 Å². The Labute approximate surface area is 129 Å².